The summed E-state index contributed by atoms with van der Waals surface area (Å²) < 4.78 is 11.5. The van der Waals surface area contributed by atoms with E-state index in [0.717, 1.165) is 16.8 Å². The minimum absolute atomic E-state index is 0.280. The molecule has 1 aromatic heterocycles. The fraction of sp³-hybridized carbons (Fsp3) is 0.138. The average Bonchev–Trinajstić information content (AvgIpc) is 3.59. The van der Waals surface area contributed by atoms with Crippen molar-refractivity contribution < 1.29 is 18.7 Å². The van der Waals surface area contributed by atoms with E-state index in [1.165, 1.54) is 5.01 Å². The lowest BCUT2D eigenvalue weighted by Gasteiger charge is -2.20. The number of benzene rings is 3. The van der Waals surface area contributed by atoms with Crippen LogP contribution in [0.15, 0.2) is 107 Å². The minimum Gasteiger partial charge on any atom is -0.483 e. The van der Waals surface area contributed by atoms with Crippen LogP contribution in [0.2, 0.25) is 0 Å². The summed E-state index contributed by atoms with van der Waals surface area (Å²) in [7, 11) is 0. The molecule has 1 aliphatic rings. The lowest BCUT2D eigenvalue weighted by atomic mass is 10.0. The lowest BCUT2D eigenvalue weighted by molar-refractivity contribution is -0.135. The highest BCUT2D eigenvalue weighted by atomic mass is 16.5. The molecule has 7 heteroatoms. The predicted molar refractivity (Wildman–Crippen MR) is 137 cm³/mol. The Morgan fingerprint density at radius 2 is 1.72 bits per heavy atom. The number of rotatable bonds is 7. The number of amides is 2. The number of hydrazone groups is 1. The van der Waals surface area contributed by atoms with Crippen LogP contribution in [0.1, 0.15) is 39.7 Å². The first-order valence-electron chi connectivity index (χ1n) is 11.7. The molecular formula is C29H25N3O4. The van der Waals surface area contributed by atoms with Crippen LogP contribution in [0.25, 0.3) is 0 Å². The highest BCUT2D eigenvalue weighted by molar-refractivity contribution is 6.06. The molecule has 2 amide bonds. The van der Waals surface area contributed by atoms with E-state index in [2.05, 4.69) is 10.4 Å². The Balaban J connectivity index is 1.33. The molecule has 0 fully saturated rings. The number of hydrogen-bond acceptors (Lipinski definition) is 5. The van der Waals surface area contributed by atoms with Crippen molar-refractivity contribution in [3.05, 3.63) is 120 Å². The third-order valence-corrected chi connectivity index (χ3v) is 5.94. The second-order valence-corrected chi connectivity index (χ2v) is 8.49. The highest BCUT2D eigenvalue weighted by Gasteiger charge is 2.35. The Morgan fingerprint density at radius 1 is 0.972 bits per heavy atom. The van der Waals surface area contributed by atoms with Gasteiger partial charge in [0.25, 0.3) is 11.8 Å². The number of carbonyl (C=O) groups is 2. The van der Waals surface area contributed by atoms with Crippen molar-refractivity contribution in [3.63, 3.8) is 0 Å². The van der Waals surface area contributed by atoms with Gasteiger partial charge in [0, 0.05) is 12.1 Å². The van der Waals surface area contributed by atoms with Crippen molar-refractivity contribution in [1.82, 2.24) is 5.01 Å². The number of hydrogen-bond donors (Lipinski definition) is 1. The van der Waals surface area contributed by atoms with Crippen LogP contribution in [-0.4, -0.2) is 29.1 Å². The van der Waals surface area contributed by atoms with Gasteiger partial charge in [-0.25, -0.2) is 5.01 Å². The van der Waals surface area contributed by atoms with Crippen molar-refractivity contribution in [2.75, 3.05) is 11.9 Å². The van der Waals surface area contributed by atoms with Crippen molar-refractivity contribution in [2.24, 2.45) is 5.10 Å². The summed E-state index contributed by atoms with van der Waals surface area (Å²) in [4.78, 5) is 26.1. The first-order chi connectivity index (χ1) is 17.6. The molecule has 0 radical (unpaired) electrons. The van der Waals surface area contributed by atoms with Crippen molar-refractivity contribution >= 4 is 23.2 Å². The van der Waals surface area contributed by atoms with Gasteiger partial charge in [0.05, 0.1) is 17.5 Å². The summed E-state index contributed by atoms with van der Waals surface area (Å²) in [5.74, 6) is 0.308. The smallest absolute Gasteiger partial charge is 0.281 e. The van der Waals surface area contributed by atoms with Gasteiger partial charge < -0.3 is 14.5 Å². The van der Waals surface area contributed by atoms with Gasteiger partial charge in [0.15, 0.2) is 6.61 Å². The Labute approximate surface area is 209 Å². The molecule has 7 nitrogen and oxygen atoms in total. The van der Waals surface area contributed by atoms with E-state index < -0.39 is 0 Å². The average molecular weight is 480 g/mol. The van der Waals surface area contributed by atoms with Crippen LogP contribution in [0, 0.1) is 6.92 Å². The van der Waals surface area contributed by atoms with E-state index in [9.17, 15) is 9.59 Å². The second kappa shape index (κ2) is 10.3. The molecule has 0 spiro atoms. The monoisotopic (exact) mass is 479 g/mol. The van der Waals surface area contributed by atoms with Crippen molar-refractivity contribution in [3.8, 4) is 5.75 Å². The molecule has 0 saturated carbocycles. The minimum atomic E-state index is -0.371. The van der Waals surface area contributed by atoms with Crippen molar-refractivity contribution in [2.45, 2.75) is 19.4 Å². The molecule has 180 valence electrons. The van der Waals surface area contributed by atoms with E-state index in [-0.39, 0.29) is 24.5 Å². The molecule has 0 bridgehead atoms. The topological polar surface area (TPSA) is 84.1 Å². The van der Waals surface area contributed by atoms with Crippen LogP contribution in [0.3, 0.4) is 0 Å². The van der Waals surface area contributed by atoms with Crippen LogP contribution in [-0.2, 0) is 4.79 Å². The van der Waals surface area contributed by atoms with Gasteiger partial charge in [-0.15, -0.1) is 0 Å². The molecule has 0 saturated heterocycles. The summed E-state index contributed by atoms with van der Waals surface area (Å²) >= 11 is 0. The zero-order valence-electron chi connectivity index (χ0n) is 19.8. The molecule has 36 heavy (non-hydrogen) atoms. The standard InChI is InChI=1S/C29H25N3O4/c1-20-13-15-21(16-14-20)24-18-25(27-12-7-17-35-27)32(31-24)28(33)19-36-26-11-6-5-10-23(26)29(34)30-22-8-3-2-4-9-22/h2-17,25H,18-19H2,1H3,(H,30,34). The molecule has 1 unspecified atom stereocenters. The number of furan rings is 1. The number of carbonyl (C=O) groups excluding carboxylic acids is 2. The third-order valence-electron chi connectivity index (χ3n) is 5.94. The predicted octanol–water partition coefficient (Wildman–Crippen LogP) is 5.60. The van der Waals surface area contributed by atoms with Crippen LogP contribution in [0.4, 0.5) is 5.69 Å². The van der Waals surface area contributed by atoms with Crippen LogP contribution >= 0.6 is 0 Å². The number of nitrogens with zero attached hydrogens (tertiary/aromatic N) is 2. The first-order valence-corrected chi connectivity index (χ1v) is 11.7. The number of ether oxygens (including phenoxy) is 1. The molecule has 2 heterocycles. The second-order valence-electron chi connectivity index (χ2n) is 8.49. The molecule has 1 atom stereocenters. The molecule has 1 N–H and O–H groups in total. The van der Waals surface area contributed by atoms with Gasteiger partial charge in [-0.3, -0.25) is 9.59 Å². The Bertz CT molecular complexity index is 1380. The molecule has 3 aromatic carbocycles. The maximum absolute atomic E-state index is 13.3. The van der Waals surface area contributed by atoms with E-state index in [1.807, 2.05) is 55.5 Å². The Morgan fingerprint density at radius 3 is 2.47 bits per heavy atom. The van der Waals surface area contributed by atoms with Gasteiger partial charge in [0.1, 0.15) is 17.6 Å². The summed E-state index contributed by atoms with van der Waals surface area (Å²) in [6.45, 7) is 1.74. The van der Waals surface area contributed by atoms with E-state index in [1.54, 1.807) is 48.7 Å². The van der Waals surface area contributed by atoms with Crippen molar-refractivity contribution in [1.29, 1.82) is 0 Å². The van der Waals surface area contributed by atoms with Crippen LogP contribution in [0.5, 0.6) is 5.75 Å². The summed E-state index contributed by atoms with van der Waals surface area (Å²) in [5.41, 5.74) is 3.91. The zero-order valence-corrected chi connectivity index (χ0v) is 19.8. The largest absolute Gasteiger partial charge is 0.483 e. The molecular weight excluding hydrogens is 454 g/mol. The fourth-order valence-corrected chi connectivity index (χ4v) is 4.07. The maximum Gasteiger partial charge on any atom is 0.281 e. The molecule has 0 aliphatic carbocycles. The number of aryl methyl sites for hydroxylation is 1. The molecule has 4 aromatic rings. The summed E-state index contributed by atoms with van der Waals surface area (Å²) in [6, 6.07) is 27.3. The zero-order chi connectivity index (χ0) is 24.9. The Kier molecular flexibility index (Phi) is 6.62. The quantitative estimate of drug-likeness (QED) is 0.374. The molecule has 5 rings (SSSR count). The number of anilines is 1. The summed E-state index contributed by atoms with van der Waals surface area (Å²) in [5, 5.41) is 8.90. The third kappa shape index (κ3) is 5.05. The summed E-state index contributed by atoms with van der Waals surface area (Å²) in [6.07, 6.45) is 2.11. The number of nitrogens with one attached hydrogen (secondary N) is 1. The molecule has 1 aliphatic heterocycles. The Hall–Kier alpha value is -4.65. The highest BCUT2D eigenvalue weighted by Crippen LogP contribution is 2.33. The van der Waals surface area contributed by atoms with Gasteiger partial charge in [0.2, 0.25) is 0 Å². The van der Waals surface area contributed by atoms with Gasteiger partial charge in [-0.05, 0) is 48.9 Å². The van der Waals surface area contributed by atoms with Crippen LogP contribution < -0.4 is 10.1 Å². The van der Waals surface area contributed by atoms with Gasteiger partial charge >= 0.3 is 0 Å². The number of para-hydroxylation sites is 2. The SMILES string of the molecule is Cc1ccc(C2=NN(C(=O)COc3ccccc3C(=O)Nc3ccccc3)C(c3ccco3)C2)cc1. The van der Waals surface area contributed by atoms with Gasteiger partial charge in [-0.2, -0.15) is 5.10 Å². The normalized spacial score (nSPS) is 14.9. The maximum atomic E-state index is 13.3. The van der Waals surface area contributed by atoms with E-state index >= 15 is 0 Å². The lowest BCUT2D eigenvalue weighted by Crippen LogP contribution is -2.31. The van der Waals surface area contributed by atoms with E-state index in [0.29, 0.717) is 29.2 Å². The fourth-order valence-electron chi connectivity index (χ4n) is 4.07. The van der Waals surface area contributed by atoms with Gasteiger partial charge in [-0.1, -0.05) is 60.2 Å². The first kappa shape index (κ1) is 23.1. The van der Waals surface area contributed by atoms with E-state index in [4.69, 9.17) is 9.15 Å².